The first-order valence-corrected chi connectivity index (χ1v) is 7.30. The van der Waals surface area contributed by atoms with Crippen LogP contribution >= 0.6 is 0 Å². The number of ether oxygens (including phenoxy) is 1. The fraction of sp³-hybridized carbons (Fsp3) is 0.625. The van der Waals surface area contributed by atoms with E-state index in [0.717, 1.165) is 19.3 Å². The molecule has 0 saturated heterocycles. The van der Waals surface area contributed by atoms with Crippen molar-refractivity contribution in [3.05, 3.63) is 29.6 Å². The minimum atomic E-state index is -0.196. The molecule has 2 saturated carbocycles. The van der Waals surface area contributed by atoms with Crippen LogP contribution in [0.1, 0.15) is 44.1 Å². The molecule has 0 aromatic heterocycles. The van der Waals surface area contributed by atoms with Crippen molar-refractivity contribution in [2.45, 2.75) is 57.6 Å². The summed E-state index contributed by atoms with van der Waals surface area (Å²) in [5, 5.41) is 0. The van der Waals surface area contributed by atoms with Crippen LogP contribution in [0, 0.1) is 18.2 Å². The van der Waals surface area contributed by atoms with Crippen molar-refractivity contribution in [1.82, 2.24) is 0 Å². The summed E-state index contributed by atoms with van der Waals surface area (Å²) in [5.74, 6) is 0.448. The van der Waals surface area contributed by atoms with Crippen molar-refractivity contribution in [3.63, 3.8) is 0 Å². The zero-order valence-electron chi connectivity index (χ0n) is 11.5. The third-order valence-electron chi connectivity index (χ3n) is 5.05. The Morgan fingerprint density at radius 3 is 2.63 bits per heavy atom. The lowest BCUT2D eigenvalue weighted by Crippen LogP contribution is -2.64. The highest BCUT2D eigenvalue weighted by Gasteiger charge is 2.54. The number of nitrogens with two attached hydrogens (primary N) is 1. The lowest BCUT2D eigenvalue weighted by molar-refractivity contribution is -0.0899. The summed E-state index contributed by atoms with van der Waals surface area (Å²) in [6, 6.07) is 5.39. The lowest BCUT2D eigenvalue weighted by Gasteiger charge is -2.56. The molecule has 0 bridgehead atoms. The van der Waals surface area contributed by atoms with Crippen molar-refractivity contribution in [2.24, 2.45) is 11.1 Å². The van der Waals surface area contributed by atoms with Gasteiger partial charge in [0.2, 0.25) is 0 Å². The van der Waals surface area contributed by atoms with Gasteiger partial charge in [-0.1, -0.05) is 25.3 Å². The fourth-order valence-corrected chi connectivity index (χ4v) is 3.66. The molecule has 2 N–H and O–H groups in total. The second kappa shape index (κ2) is 4.78. The Kier molecular flexibility index (Phi) is 3.25. The zero-order valence-corrected chi connectivity index (χ0v) is 11.5. The van der Waals surface area contributed by atoms with Crippen molar-refractivity contribution < 1.29 is 9.13 Å². The third kappa shape index (κ3) is 2.14. The van der Waals surface area contributed by atoms with Gasteiger partial charge < -0.3 is 10.5 Å². The van der Waals surface area contributed by atoms with E-state index in [4.69, 9.17) is 10.5 Å². The van der Waals surface area contributed by atoms with Gasteiger partial charge in [-0.15, -0.1) is 0 Å². The number of benzene rings is 1. The Bertz CT molecular complexity index is 468. The van der Waals surface area contributed by atoms with Gasteiger partial charge in [0.15, 0.2) is 0 Å². The van der Waals surface area contributed by atoms with E-state index in [2.05, 4.69) is 0 Å². The normalized spacial score (nSPS) is 29.0. The van der Waals surface area contributed by atoms with Crippen molar-refractivity contribution >= 4 is 0 Å². The van der Waals surface area contributed by atoms with E-state index in [-0.39, 0.29) is 23.4 Å². The highest BCUT2D eigenvalue weighted by molar-refractivity contribution is 5.29. The molecular weight excluding hydrogens is 241 g/mol. The van der Waals surface area contributed by atoms with Crippen molar-refractivity contribution in [1.29, 1.82) is 0 Å². The Hall–Kier alpha value is -1.09. The maximum absolute atomic E-state index is 13.6. The average Bonchev–Trinajstić information content (AvgIpc) is 2.43. The Morgan fingerprint density at radius 1 is 1.26 bits per heavy atom. The van der Waals surface area contributed by atoms with E-state index >= 15 is 0 Å². The van der Waals surface area contributed by atoms with Crippen LogP contribution in [0.4, 0.5) is 4.39 Å². The fourth-order valence-electron chi connectivity index (χ4n) is 3.66. The van der Waals surface area contributed by atoms with Crippen LogP contribution in [-0.2, 0) is 0 Å². The average molecular weight is 263 g/mol. The van der Waals surface area contributed by atoms with Crippen LogP contribution in [0.25, 0.3) is 0 Å². The maximum atomic E-state index is 13.6. The van der Waals surface area contributed by atoms with Crippen LogP contribution in [0.5, 0.6) is 5.75 Å². The number of hydrogen-bond acceptors (Lipinski definition) is 2. The molecule has 0 radical (unpaired) electrons. The van der Waals surface area contributed by atoms with Crippen LogP contribution in [-0.4, -0.2) is 12.1 Å². The van der Waals surface area contributed by atoms with E-state index in [9.17, 15) is 4.39 Å². The monoisotopic (exact) mass is 263 g/mol. The summed E-state index contributed by atoms with van der Waals surface area (Å²) < 4.78 is 19.6. The number of halogens is 1. The first-order valence-electron chi connectivity index (χ1n) is 7.30. The summed E-state index contributed by atoms with van der Waals surface area (Å²) in [5.41, 5.74) is 7.04. The summed E-state index contributed by atoms with van der Waals surface area (Å²) in [4.78, 5) is 0. The molecule has 104 valence electrons. The Morgan fingerprint density at radius 2 is 2.00 bits per heavy atom. The first kappa shape index (κ1) is 12.9. The quantitative estimate of drug-likeness (QED) is 0.885. The summed E-state index contributed by atoms with van der Waals surface area (Å²) in [6.07, 6.45) is 7.19. The van der Waals surface area contributed by atoms with Gasteiger partial charge in [0, 0.05) is 23.9 Å². The van der Waals surface area contributed by atoms with E-state index in [0.29, 0.717) is 11.3 Å². The van der Waals surface area contributed by atoms with Crippen LogP contribution in [0.15, 0.2) is 18.2 Å². The third-order valence-corrected chi connectivity index (χ3v) is 5.05. The molecule has 1 spiro atoms. The van der Waals surface area contributed by atoms with E-state index in [1.54, 1.807) is 13.0 Å². The standard InChI is InChI=1S/C16H22FNO/c1-11-5-6-12(9-13(11)17)19-15-10-14(18)16(15)7-3-2-4-8-16/h5-6,9,14-15H,2-4,7-8,10,18H2,1H3. The van der Waals surface area contributed by atoms with Gasteiger partial charge in [-0.3, -0.25) is 0 Å². The number of hydrogen-bond donors (Lipinski definition) is 1. The predicted molar refractivity (Wildman–Crippen MR) is 73.7 cm³/mol. The molecule has 19 heavy (non-hydrogen) atoms. The minimum absolute atomic E-state index is 0.152. The number of rotatable bonds is 2. The van der Waals surface area contributed by atoms with Crippen molar-refractivity contribution in [2.75, 3.05) is 0 Å². The van der Waals surface area contributed by atoms with E-state index < -0.39 is 0 Å². The molecule has 2 unspecified atom stereocenters. The second-order valence-corrected chi connectivity index (χ2v) is 6.15. The molecular formula is C16H22FNO. The topological polar surface area (TPSA) is 35.2 Å². The van der Waals surface area contributed by atoms with Gasteiger partial charge in [0.25, 0.3) is 0 Å². The van der Waals surface area contributed by atoms with E-state index in [1.165, 1.54) is 25.3 Å². The molecule has 2 aliphatic rings. The molecule has 0 heterocycles. The van der Waals surface area contributed by atoms with Gasteiger partial charge in [0.1, 0.15) is 17.7 Å². The van der Waals surface area contributed by atoms with Crippen molar-refractivity contribution in [3.8, 4) is 5.75 Å². The molecule has 3 heteroatoms. The molecule has 2 aliphatic carbocycles. The largest absolute Gasteiger partial charge is 0.490 e. The summed E-state index contributed by atoms with van der Waals surface area (Å²) in [7, 11) is 0. The van der Waals surface area contributed by atoms with Gasteiger partial charge in [-0.05, 0) is 31.4 Å². The lowest BCUT2D eigenvalue weighted by atomic mass is 9.55. The maximum Gasteiger partial charge on any atom is 0.129 e. The van der Waals surface area contributed by atoms with Gasteiger partial charge in [-0.25, -0.2) is 4.39 Å². The molecule has 0 aliphatic heterocycles. The number of aryl methyl sites for hydroxylation is 1. The van der Waals surface area contributed by atoms with Gasteiger partial charge in [-0.2, -0.15) is 0 Å². The summed E-state index contributed by atoms with van der Waals surface area (Å²) in [6.45, 7) is 1.76. The molecule has 1 aromatic rings. The zero-order chi connectivity index (χ0) is 13.5. The molecule has 2 nitrogen and oxygen atoms in total. The summed E-state index contributed by atoms with van der Waals surface area (Å²) >= 11 is 0. The highest BCUT2D eigenvalue weighted by Crippen LogP contribution is 2.52. The Balaban J connectivity index is 1.74. The van der Waals surface area contributed by atoms with Crippen LogP contribution in [0.2, 0.25) is 0 Å². The van der Waals surface area contributed by atoms with Gasteiger partial charge >= 0.3 is 0 Å². The van der Waals surface area contributed by atoms with Crippen LogP contribution in [0.3, 0.4) is 0 Å². The predicted octanol–water partition coefficient (Wildman–Crippen LogP) is 3.56. The Labute approximate surface area is 114 Å². The van der Waals surface area contributed by atoms with E-state index in [1.807, 2.05) is 6.07 Å². The molecule has 2 atom stereocenters. The SMILES string of the molecule is Cc1ccc(OC2CC(N)C23CCCCC3)cc1F. The molecule has 1 aromatic carbocycles. The smallest absolute Gasteiger partial charge is 0.129 e. The highest BCUT2D eigenvalue weighted by atomic mass is 19.1. The van der Waals surface area contributed by atoms with Gasteiger partial charge in [0.05, 0.1) is 0 Å². The molecule has 0 amide bonds. The minimum Gasteiger partial charge on any atom is -0.490 e. The molecule has 2 fully saturated rings. The second-order valence-electron chi connectivity index (χ2n) is 6.15. The molecule has 3 rings (SSSR count). The first-order chi connectivity index (χ1) is 9.12. The van der Waals surface area contributed by atoms with Crippen LogP contribution < -0.4 is 10.5 Å².